The lowest BCUT2D eigenvalue weighted by Gasteiger charge is -2.37. The largest absolute Gasteiger partial charge is 0.464 e. The van der Waals surface area contributed by atoms with Gasteiger partial charge in [-0.05, 0) is 25.2 Å². The second-order valence-corrected chi connectivity index (χ2v) is 5.57. The van der Waals surface area contributed by atoms with Gasteiger partial charge in [0, 0.05) is 15.7 Å². The van der Waals surface area contributed by atoms with Crippen molar-refractivity contribution in [1.29, 1.82) is 0 Å². The van der Waals surface area contributed by atoms with Gasteiger partial charge in [-0.2, -0.15) is 11.8 Å². The van der Waals surface area contributed by atoms with Crippen molar-refractivity contribution in [3.05, 3.63) is 36.1 Å². The Balaban J connectivity index is 2.22. The number of hydrogen-bond acceptors (Lipinski definition) is 2. The summed E-state index contributed by atoms with van der Waals surface area (Å²) >= 11 is 2.02. The quantitative estimate of drug-likeness (QED) is 0.701. The number of rotatable bonds is 1. The summed E-state index contributed by atoms with van der Waals surface area (Å²) in [5, 5.41) is 1.28. The first kappa shape index (κ1) is 8.42. The summed E-state index contributed by atoms with van der Waals surface area (Å²) in [6.45, 7) is 2.30. The number of hydrogen-bond donors (Lipinski definition) is 0. The summed E-state index contributed by atoms with van der Waals surface area (Å²) in [5.41, 5.74) is 2.38. The van der Waals surface area contributed by atoms with Gasteiger partial charge in [-0.15, -0.1) is 0 Å². The van der Waals surface area contributed by atoms with E-state index < -0.39 is 0 Å². The Kier molecular flexibility index (Phi) is 1.68. The third-order valence-corrected chi connectivity index (χ3v) is 4.52. The van der Waals surface area contributed by atoms with Crippen LogP contribution < -0.4 is 0 Å². The minimum absolute atomic E-state index is 0.298. The molecule has 1 aliphatic heterocycles. The van der Waals surface area contributed by atoms with E-state index in [1.807, 2.05) is 30.2 Å². The van der Waals surface area contributed by atoms with E-state index in [9.17, 15) is 0 Å². The third kappa shape index (κ3) is 1.04. The van der Waals surface area contributed by atoms with E-state index >= 15 is 0 Å². The highest BCUT2D eigenvalue weighted by Gasteiger charge is 2.36. The molecular formula is C12H12OS. The molecule has 0 saturated carbocycles. The fraction of sp³-hybridized carbons (Fsp3) is 0.333. The SMILES string of the molecule is CC1(c2coc3ccccc23)CCS1. The van der Waals surface area contributed by atoms with Crippen molar-refractivity contribution in [1.82, 2.24) is 0 Å². The molecule has 72 valence electrons. The standard InChI is InChI=1S/C12H12OS/c1-12(6-7-14-12)10-8-13-11-5-3-2-4-9(10)11/h2-5,8H,6-7H2,1H3. The Morgan fingerprint density at radius 2 is 2.14 bits per heavy atom. The van der Waals surface area contributed by atoms with E-state index in [-0.39, 0.29) is 0 Å². The van der Waals surface area contributed by atoms with Crippen LogP contribution in [0.4, 0.5) is 0 Å². The third-order valence-electron chi connectivity index (χ3n) is 3.05. The van der Waals surface area contributed by atoms with Crippen molar-refractivity contribution in [2.75, 3.05) is 5.75 Å². The molecular weight excluding hydrogens is 192 g/mol. The first-order chi connectivity index (χ1) is 6.80. The van der Waals surface area contributed by atoms with E-state index in [4.69, 9.17) is 4.42 Å². The number of para-hydroxylation sites is 1. The van der Waals surface area contributed by atoms with Crippen LogP contribution in [0.2, 0.25) is 0 Å². The van der Waals surface area contributed by atoms with Crippen molar-refractivity contribution in [3.8, 4) is 0 Å². The first-order valence-electron chi connectivity index (χ1n) is 4.90. The molecule has 1 aromatic carbocycles. The van der Waals surface area contributed by atoms with Crippen LogP contribution in [-0.4, -0.2) is 5.75 Å². The van der Waals surface area contributed by atoms with Gasteiger partial charge in [0.05, 0.1) is 6.26 Å². The van der Waals surface area contributed by atoms with E-state index in [1.165, 1.54) is 23.1 Å². The maximum Gasteiger partial charge on any atom is 0.134 e. The lowest BCUT2D eigenvalue weighted by molar-refractivity contribution is 0.577. The molecule has 0 radical (unpaired) electrons. The molecule has 1 aromatic heterocycles. The van der Waals surface area contributed by atoms with Crippen molar-refractivity contribution < 1.29 is 4.42 Å². The van der Waals surface area contributed by atoms with Gasteiger partial charge in [-0.25, -0.2) is 0 Å². The molecule has 3 rings (SSSR count). The van der Waals surface area contributed by atoms with Crippen LogP contribution in [0, 0.1) is 0 Å². The second kappa shape index (κ2) is 2.80. The molecule has 0 N–H and O–H groups in total. The lowest BCUT2D eigenvalue weighted by Crippen LogP contribution is -2.27. The van der Waals surface area contributed by atoms with Crippen molar-refractivity contribution in [2.24, 2.45) is 0 Å². The monoisotopic (exact) mass is 204 g/mol. The van der Waals surface area contributed by atoms with Crippen LogP contribution in [-0.2, 0) is 4.75 Å². The minimum Gasteiger partial charge on any atom is -0.464 e. The molecule has 1 aliphatic rings. The van der Waals surface area contributed by atoms with Crippen molar-refractivity contribution in [2.45, 2.75) is 18.1 Å². The van der Waals surface area contributed by atoms with E-state index in [1.54, 1.807) is 0 Å². The normalized spacial score (nSPS) is 26.4. The Bertz CT molecular complexity index is 468. The maximum atomic E-state index is 5.56. The predicted octanol–water partition coefficient (Wildman–Crippen LogP) is 3.78. The summed E-state index contributed by atoms with van der Waals surface area (Å²) in [4.78, 5) is 0. The number of thioether (sulfide) groups is 1. The summed E-state index contributed by atoms with van der Waals surface area (Å²) in [7, 11) is 0. The highest BCUT2D eigenvalue weighted by Crippen LogP contribution is 2.51. The molecule has 2 heteroatoms. The molecule has 1 atom stereocenters. The Labute approximate surface area is 87.5 Å². The number of benzene rings is 1. The van der Waals surface area contributed by atoms with Crippen LogP contribution >= 0.6 is 11.8 Å². The number of furan rings is 1. The fourth-order valence-corrected chi connectivity index (χ4v) is 3.14. The molecule has 0 amide bonds. The maximum absolute atomic E-state index is 5.56. The van der Waals surface area contributed by atoms with E-state index in [2.05, 4.69) is 19.1 Å². The summed E-state index contributed by atoms with van der Waals surface area (Å²) in [6.07, 6.45) is 3.19. The second-order valence-electron chi connectivity index (χ2n) is 3.97. The van der Waals surface area contributed by atoms with Gasteiger partial charge in [0.15, 0.2) is 0 Å². The van der Waals surface area contributed by atoms with E-state index in [0.29, 0.717) is 4.75 Å². The topological polar surface area (TPSA) is 13.1 Å². The van der Waals surface area contributed by atoms with Crippen molar-refractivity contribution in [3.63, 3.8) is 0 Å². The highest BCUT2D eigenvalue weighted by atomic mass is 32.2. The molecule has 1 nitrogen and oxygen atoms in total. The highest BCUT2D eigenvalue weighted by molar-refractivity contribution is 8.01. The minimum atomic E-state index is 0.298. The zero-order chi connectivity index (χ0) is 9.60. The average molecular weight is 204 g/mol. The zero-order valence-electron chi connectivity index (χ0n) is 8.12. The number of fused-ring (bicyclic) bond motifs is 1. The first-order valence-corrected chi connectivity index (χ1v) is 5.89. The van der Waals surface area contributed by atoms with Crippen molar-refractivity contribution >= 4 is 22.7 Å². The molecule has 1 saturated heterocycles. The fourth-order valence-electron chi connectivity index (χ4n) is 2.01. The molecule has 0 spiro atoms. The van der Waals surface area contributed by atoms with Gasteiger partial charge < -0.3 is 4.42 Å². The lowest BCUT2D eigenvalue weighted by atomic mass is 9.96. The molecule has 14 heavy (non-hydrogen) atoms. The van der Waals surface area contributed by atoms with E-state index in [0.717, 1.165) is 5.58 Å². The molecule has 1 unspecified atom stereocenters. The van der Waals surface area contributed by atoms with Crippen LogP contribution in [0.25, 0.3) is 11.0 Å². The van der Waals surface area contributed by atoms with Gasteiger partial charge >= 0.3 is 0 Å². The molecule has 0 bridgehead atoms. The van der Waals surface area contributed by atoms with Gasteiger partial charge in [0.25, 0.3) is 0 Å². The van der Waals surface area contributed by atoms with Gasteiger partial charge in [-0.1, -0.05) is 18.2 Å². The Morgan fingerprint density at radius 3 is 2.86 bits per heavy atom. The summed E-state index contributed by atoms with van der Waals surface area (Å²) < 4.78 is 5.86. The molecule has 0 aliphatic carbocycles. The molecule has 1 fully saturated rings. The Hall–Kier alpha value is -0.890. The molecule has 2 aromatic rings. The van der Waals surface area contributed by atoms with Crippen LogP contribution in [0.15, 0.2) is 34.9 Å². The molecule has 2 heterocycles. The van der Waals surface area contributed by atoms with Gasteiger partial charge in [0.2, 0.25) is 0 Å². The summed E-state index contributed by atoms with van der Waals surface area (Å²) in [5.74, 6) is 1.27. The smallest absolute Gasteiger partial charge is 0.134 e. The van der Waals surface area contributed by atoms with Crippen LogP contribution in [0.5, 0.6) is 0 Å². The zero-order valence-corrected chi connectivity index (χ0v) is 8.93. The van der Waals surface area contributed by atoms with Gasteiger partial charge in [0.1, 0.15) is 5.58 Å². The van der Waals surface area contributed by atoms with Crippen LogP contribution in [0.3, 0.4) is 0 Å². The van der Waals surface area contributed by atoms with Gasteiger partial charge in [-0.3, -0.25) is 0 Å². The average Bonchev–Trinajstić information content (AvgIpc) is 2.58. The Morgan fingerprint density at radius 1 is 1.36 bits per heavy atom. The summed E-state index contributed by atoms with van der Waals surface area (Å²) in [6, 6.07) is 8.28. The van der Waals surface area contributed by atoms with Crippen LogP contribution in [0.1, 0.15) is 18.9 Å². The predicted molar refractivity (Wildman–Crippen MR) is 60.6 cm³/mol.